The topological polar surface area (TPSA) is 29.5 Å². The second-order valence-corrected chi connectivity index (χ2v) is 9.58. The third kappa shape index (κ3) is 4.22. The van der Waals surface area contributed by atoms with E-state index in [4.69, 9.17) is 4.74 Å². The molecular formula is C33H31NO2. The molecule has 2 unspecified atom stereocenters. The fourth-order valence-electron chi connectivity index (χ4n) is 5.10. The van der Waals surface area contributed by atoms with Crippen molar-refractivity contribution in [2.24, 2.45) is 5.92 Å². The van der Waals surface area contributed by atoms with E-state index >= 15 is 0 Å². The zero-order valence-corrected chi connectivity index (χ0v) is 20.7. The van der Waals surface area contributed by atoms with Crippen molar-refractivity contribution in [1.29, 1.82) is 0 Å². The molecule has 0 radical (unpaired) electrons. The number of carbonyl (C=O) groups excluding carboxylic acids is 1. The van der Waals surface area contributed by atoms with Gasteiger partial charge in [0.05, 0.1) is 12.6 Å². The smallest absolute Gasteiger partial charge is 0.341 e. The zero-order chi connectivity index (χ0) is 25.0. The molecule has 3 heteroatoms. The third-order valence-corrected chi connectivity index (χ3v) is 6.65. The number of carbonyl (C=O) groups is 1. The van der Waals surface area contributed by atoms with Crippen LogP contribution in [-0.2, 0) is 15.1 Å². The van der Waals surface area contributed by atoms with Crippen LogP contribution in [0.15, 0.2) is 127 Å². The lowest BCUT2D eigenvalue weighted by molar-refractivity contribution is -0.149. The van der Waals surface area contributed by atoms with E-state index < -0.39 is 5.54 Å². The maximum absolute atomic E-state index is 14.5. The van der Waals surface area contributed by atoms with Crippen LogP contribution in [0.4, 0.5) is 5.69 Å². The minimum atomic E-state index is -1.17. The van der Waals surface area contributed by atoms with Crippen molar-refractivity contribution in [1.82, 2.24) is 0 Å². The molecule has 0 bridgehead atoms. The molecule has 1 heterocycles. The van der Waals surface area contributed by atoms with E-state index in [1.54, 1.807) is 0 Å². The van der Waals surface area contributed by atoms with Gasteiger partial charge < -0.3 is 9.64 Å². The lowest BCUT2D eigenvalue weighted by atomic mass is 9.79. The van der Waals surface area contributed by atoms with Gasteiger partial charge in [-0.1, -0.05) is 129 Å². The summed E-state index contributed by atoms with van der Waals surface area (Å²) in [6, 6.07) is 40.7. The van der Waals surface area contributed by atoms with Gasteiger partial charge in [0, 0.05) is 5.69 Å². The molecule has 0 saturated heterocycles. The van der Waals surface area contributed by atoms with Gasteiger partial charge in [-0.3, -0.25) is 0 Å². The van der Waals surface area contributed by atoms with E-state index in [1.807, 2.05) is 84.9 Å². The number of esters is 1. The fourth-order valence-corrected chi connectivity index (χ4v) is 5.10. The summed E-state index contributed by atoms with van der Waals surface area (Å²) in [6.07, 6.45) is 2.24. The lowest BCUT2D eigenvalue weighted by Gasteiger charge is -2.43. The second kappa shape index (κ2) is 10.2. The molecule has 0 amide bonds. The van der Waals surface area contributed by atoms with Gasteiger partial charge in [0.25, 0.3) is 0 Å². The summed E-state index contributed by atoms with van der Waals surface area (Å²) in [6.45, 7) is 4.48. The van der Waals surface area contributed by atoms with Crippen LogP contribution in [0.5, 0.6) is 0 Å². The van der Waals surface area contributed by atoms with Crippen LogP contribution in [0.3, 0.4) is 0 Å². The highest BCUT2D eigenvalue weighted by molar-refractivity contribution is 6.05. The highest BCUT2D eigenvalue weighted by Gasteiger charge is 2.57. The molecule has 0 aliphatic carbocycles. The Morgan fingerprint density at radius 1 is 0.778 bits per heavy atom. The number of hydrogen-bond acceptors (Lipinski definition) is 3. The van der Waals surface area contributed by atoms with Crippen LogP contribution in [0, 0.1) is 5.92 Å². The van der Waals surface area contributed by atoms with Crippen LogP contribution in [0.25, 0.3) is 5.57 Å². The van der Waals surface area contributed by atoms with E-state index in [1.165, 1.54) is 0 Å². The highest BCUT2D eigenvalue weighted by atomic mass is 16.5. The predicted octanol–water partition coefficient (Wildman–Crippen LogP) is 7.43. The fraction of sp³-hybridized carbons (Fsp3) is 0.182. The molecule has 1 aliphatic rings. The Labute approximate surface area is 213 Å². The van der Waals surface area contributed by atoms with E-state index in [0.717, 1.165) is 28.0 Å². The summed E-state index contributed by atoms with van der Waals surface area (Å²) in [7, 11) is 0. The summed E-state index contributed by atoms with van der Waals surface area (Å²) >= 11 is 0. The first-order chi connectivity index (χ1) is 17.6. The van der Waals surface area contributed by atoms with Crippen LogP contribution in [0.1, 0.15) is 36.6 Å². The van der Waals surface area contributed by atoms with E-state index in [-0.39, 0.29) is 17.9 Å². The minimum absolute atomic E-state index is 0.171. The molecular weight excluding hydrogens is 442 g/mol. The number of rotatable bonds is 7. The Balaban J connectivity index is 1.84. The van der Waals surface area contributed by atoms with Crippen molar-refractivity contribution in [2.75, 3.05) is 11.5 Å². The lowest BCUT2D eigenvalue weighted by Crippen LogP contribution is -2.52. The molecule has 5 rings (SSSR count). The molecule has 180 valence electrons. The zero-order valence-electron chi connectivity index (χ0n) is 20.7. The Bertz CT molecular complexity index is 1320. The Morgan fingerprint density at radius 2 is 1.31 bits per heavy atom. The minimum Gasteiger partial charge on any atom is -0.463 e. The molecule has 3 nitrogen and oxygen atoms in total. The first-order valence-electron chi connectivity index (χ1n) is 12.5. The van der Waals surface area contributed by atoms with Gasteiger partial charge >= 0.3 is 5.97 Å². The maximum Gasteiger partial charge on any atom is 0.341 e. The molecule has 0 aromatic heterocycles. The van der Waals surface area contributed by atoms with Crippen molar-refractivity contribution < 1.29 is 9.53 Å². The van der Waals surface area contributed by atoms with E-state index in [2.05, 4.69) is 61.2 Å². The largest absolute Gasteiger partial charge is 0.463 e. The Hall–Kier alpha value is -4.11. The van der Waals surface area contributed by atoms with Crippen molar-refractivity contribution in [3.63, 3.8) is 0 Å². The van der Waals surface area contributed by atoms with Gasteiger partial charge in [-0.15, -0.1) is 0 Å². The van der Waals surface area contributed by atoms with Crippen molar-refractivity contribution in [3.05, 3.63) is 144 Å². The molecule has 4 aromatic carbocycles. The summed E-state index contributed by atoms with van der Waals surface area (Å²) in [4.78, 5) is 16.8. The van der Waals surface area contributed by atoms with Crippen LogP contribution in [-0.4, -0.2) is 12.6 Å². The monoisotopic (exact) mass is 473 g/mol. The van der Waals surface area contributed by atoms with Crippen molar-refractivity contribution >= 4 is 17.2 Å². The van der Waals surface area contributed by atoms with Crippen LogP contribution in [0.2, 0.25) is 0 Å². The van der Waals surface area contributed by atoms with Gasteiger partial charge in [-0.2, -0.15) is 0 Å². The maximum atomic E-state index is 14.5. The number of anilines is 1. The van der Waals surface area contributed by atoms with Crippen molar-refractivity contribution in [2.45, 2.75) is 25.4 Å². The average molecular weight is 474 g/mol. The highest BCUT2D eigenvalue weighted by Crippen LogP contribution is 2.54. The van der Waals surface area contributed by atoms with Gasteiger partial charge in [-0.05, 0) is 40.3 Å². The molecule has 0 fully saturated rings. The van der Waals surface area contributed by atoms with Crippen molar-refractivity contribution in [3.8, 4) is 0 Å². The summed E-state index contributed by atoms with van der Waals surface area (Å²) in [5.41, 5.74) is 3.72. The first kappa shape index (κ1) is 23.6. The number of nitrogens with zero attached hydrogens (tertiary/aromatic N) is 1. The quantitative estimate of drug-likeness (QED) is 0.262. The number of hydrogen-bond donors (Lipinski definition) is 0. The van der Waals surface area contributed by atoms with Gasteiger partial charge in [-0.25, -0.2) is 4.79 Å². The Morgan fingerprint density at radius 3 is 1.89 bits per heavy atom. The van der Waals surface area contributed by atoms with Gasteiger partial charge in [0.1, 0.15) is 0 Å². The molecule has 0 N–H and O–H groups in total. The van der Waals surface area contributed by atoms with Gasteiger partial charge in [0.2, 0.25) is 0 Å². The molecule has 36 heavy (non-hydrogen) atoms. The number of para-hydroxylation sites is 1. The average Bonchev–Trinajstić information content (AvgIpc) is 3.31. The number of benzene rings is 4. The standard InChI is InChI=1S/C33H31NO2/c1-25(2)24-36-32(35)33(28-19-11-5-12-20-28)30(26-15-7-3-8-16-26)23-31(27-17-9-4-10-18-27)34(33)29-21-13-6-14-22-29/h3-23,25,31H,24H2,1-2H3. The molecule has 4 aromatic rings. The van der Waals surface area contributed by atoms with Gasteiger partial charge in [0.15, 0.2) is 5.54 Å². The SMILES string of the molecule is CC(C)COC(=O)C1(c2ccccc2)C(c2ccccc2)=CC(c2ccccc2)N1c1ccccc1. The van der Waals surface area contributed by atoms with E-state index in [0.29, 0.717) is 6.61 Å². The second-order valence-electron chi connectivity index (χ2n) is 9.58. The molecule has 1 aliphatic heterocycles. The molecule has 0 saturated carbocycles. The van der Waals surface area contributed by atoms with Crippen LogP contribution >= 0.6 is 0 Å². The predicted molar refractivity (Wildman–Crippen MR) is 146 cm³/mol. The molecule has 0 spiro atoms. The number of ether oxygens (including phenoxy) is 1. The normalized spacial score (nSPS) is 19.2. The Kier molecular flexibility index (Phi) is 6.73. The van der Waals surface area contributed by atoms with Crippen LogP contribution < -0.4 is 4.90 Å². The summed E-state index contributed by atoms with van der Waals surface area (Å²) in [5, 5.41) is 0. The first-order valence-corrected chi connectivity index (χ1v) is 12.5. The molecule has 2 atom stereocenters. The summed E-state index contributed by atoms with van der Waals surface area (Å²) in [5.74, 6) is -0.0396. The van der Waals surface area contributed by atoms with E-state index in [9.17, 15) is 4.79 Å². The summed E-state index contributed by atoms with van der Waals surface area (Å²) < 4.78 is 6.11. The third-order valence-electron chi connectivity index (χ3n) is 6.65.